The van der Waals surface area contributed by atoms with E-state index in [2.05, 4.69) is 10.6 Å². The minimum Gasteiger partial charge on any atom is -0.384 e. The van der Waals surface area contributed by atoms with Gasteiger partial charge in [-0.25, -0.2) is 4.79 Å². The Morgan fingerprint density at radius 2 is 1.80 bits per heavy atom. The summed E-state index contributed by atoms with van der Waals surface area (Å²) in [4.78, 5) is 12.3. The summed E-state index contributed by atoms with van der Waals surface area (Å²) < 4.78 is 5.78. The van der Waals surface area contributed by atoms with E-state index in [9.17, 15) is 9.90 Å². The highest BCUT2D eigenvalue weighted by molar-refractivity contribution is 5.74. The van der Waals surface area contributed by atoms with Crippen LogP contribution in [0.5, 0.6) is 0 Å². The van der Waals surface area contributed by atoms with Crippen LogP contribution in [0.1, 0.15) is 30.6 Å². The molecule has 5 heteroatoms. The van der Waals surface area contributed by atoms with Gasteiger partial charge in [0.25, 0.3) is 0 Å². The molecule has 1 aliphatic rings. The van der Waals surface area contributed by atoms with Gasteiger partial charge in [-0.1, -0.05) is 60.7 Å². The van der Waals surface area contributed by atoms with Crippen LogP contribution in [0.25, 0.3) is 0 Å². The number of nitrogens with one attached hydrogen (secondary N) is 2. The smallest absolute Gasteiger partial charge is 0.315 e. The number of hydrogen-bond acceptors (Lipinski definition) is 3. The highest BCUT2D eigenvalue weighted by Crippen LogP contribution is 2.28. The molecular formula is C20H24N2O3. The Hall–Kier alpha value is -2.37. The number of amides is 2. The van der Waals surface area contributed by atoms with Crippen LogP contribution in [0.2, 0.25) is 0 Å². The molecule has 2 amide bonds. The van der Waals surface area contributed by atoms with Crippen molar-refractivity contribution >= 4 is 6.03 Å². The second kappa shape index (κ2) is 7.68. The second-order valence-corrected chi connectivity index (χ2v) is 6.56. The van der Waals surface area contributed by atoms with Crippen molar-refractivity contribution in [3.63, 3.8) is 0 Å². The van der Waals surface area contributed by atoms with E-state index in [4.69, 9.17) is 4.74 Å². The van der Waals surface area contributed by atoms with Gasteiger partial charge in [0, 0.05) is 6.61 Å². The third kappa shape index (κ3) is 4.38. The molecular weight excluding hydrogens is 316 g/mol. The van der Waals surface area contributed by atoms with Crippen molar-refractivity contribution in [2.45, 2.75) is 31.1 Å². The fourth-order valence-electron chi connectivity index (χ4n) is 3.08. The normalized spacial score (nSPS) is 22.2. The predicted octanol–water partition coefficient (Wildman–Crippen LogP) is 2.72. The van der Waals surface area contributed by atoms with Gasteiger partial charge in [0.2, 0.25) is 0 Å². The number of ether oxygens (including phenoxy) is 1. The van der Waals surface area contributed by atoms with E-state index in [1.54, 1.807) is 6.92 Å². The average molecular weight is 340 g/mol. The molecule has 3 atom stereocenters. The first kappa shape index (κ1) is 17.5. The Kier molecular flexibility index (Phi) is 5.36. The minimum absolute atomic E-state index is 0.0796. The zero-order valence-electron chi connectivity index (χ0n) is 14.3. The first-order chi connectivity index (χ1) is 12.1. The van der Waals surface area contributed by atoms with Gasteiger partial charge in [-0.15, -0.1) is 0 Å². The molecule has 3 rings (SSSR count). The van der Waals surface area contributed by atoms with E-state index >= 15 is 0 Å². The van der Waals surface area contributed by atoms with Crippen LogP contribution in [0, 0.1) is 0 Å². The molecule has 1 heterocycles. The number of carbonyl (C=O) groups is 1. The maximum Gasteiger partial charge on any atom is 0.315 e. The van der Waals surface area contributed by atoms with Gasteiger partial charge in [-0.05, 0) is 24.5 Å². The van der Waals surface area contributed by atoms with Gasteiger partial charge in [-0.2, -0.15) is 0 Å². The highest BCUT2D eigenvalue weighted by atomic mass is 16.5. The van der Waals surface area contributed by atoms with Crippen molar-refractivity contribution in [1.82, 2.24) is 10.6 Å². The Balaban J connectivity index is 1.55. The predicted molar refractivity (Wildman–Crippen MR) is 96.1 cm³/mol. The molecule has 1 saturated heterocycles. The van der Waals surface area contributed by atoms with E-state index < -0.39 is 5.60 Å². The van der Waals surface area contributed by atoms with Crippen LogP contribution >= 0.6 is 0 Å². The van der Waals surface area contributed by atoms with Gasteiger partial charge in [-0.3, -0.25) is 0 Å². The first-order valence-electron chi connectivity index (χ1n) is 8.55. The van der Waals surface area contributed by atoms with Gasteiger partial charge in [0.15, 0.2) is 0 Å². The van der Waals surface area contributed by atoms with Gasteiger partial charge in [0.05, 0.1) is 12.6 Å². The van der Waals surface area contributed by atoms with E-state index in [-0.39, 0.29) is 24.7 Å². The van der Waals surface area contributed by atoms with Gasteiger partial charge >= 0.3 is 6.03 Å². The molecule has 132 valence electrons. The summed E-state index contributed by atoms with van der Waals surface area (Å²) in [6.07, 6.45) is 0.629. The molecule has 0 bridgehead atoms. The Morgan fingerprint density at radius 3 is 2.48 bits per heavy atom. The van der Waals surface area contributed by atoms with Crippen LogP contribution in [0.15, 0.2) is 60.7 Å². The number of urea groups is 1. The quantitative estimate of drug-likeness (QED) is 0.784. The average Bonchev–Trinajstić information content (AvgIpc) is 3.10. The van der Waals surface area contributed by atoms with E-state index in [0.29, 0.717) is 6.61 Å². The molecule has 2 aromatic carbocycles. The highest BCUT2D eigenvalue weighted by Gasteiger charge is 2.31. The zero-order valence-corrected chi connectivity index (χ0v) is 14.3. The number of carbonyl (C=O) groups excluding carboxylic acids is 1. The molecule has 0 spiro atoms. The summed E-state index contributed by atoms with van der Waals surface area (Å²) in [6.45, 7) is 2.44. The lowest BCUT2D eigenvalue weighted by atomic mass is 9.96. The fraction of sp³-hybridized carbons (Fsp3) is 0.350. The summed E-state index contributed by atoms with van der Waals surface area (Å²) in [6, 6.07) is 18.8. The van der Waals surface area contributed by atoms with E-state index in [1.165, 1.54) is 0 Å². The van der Waals surface area contributed by atoms with Gasteiger partial charge < -0.3 is 20.5 Å². The third-order valence-corrected chi connectivity index (χ3v) is 4.53. The number of benzene rings is 2. The largest absolute Gasteiger partial charge is 0.384 e. The maximum absolute atomic E-state index is 12.3. The molecule has 3 N–H and O–H groups in total. The standard InChI is InChI=1S/C20H24N2O3/c1-20(24,16-10-6-3-7-11-16)14-21-19(23)22-17-12-13-25-18(17)15-8-4-2-5-9-15/h2-11,17-18,24H,12-14H2,1H3,(H2,21,22,23)/t17-,18-,20-/m0/s1. The van der Waals surface area contributed by atoms with Gasteiger partial charge in [0.1, 0.15) is 11.7 Å². The zero-order chi connectivity index (χ0) is 17.7. The van der Waals surface area contributed by atoms with Crippen LogP contribution in [-0.4, -0.2) is 30.3 Å². The van der Waals surface area contributed by atoms with Crippen molar-refractivity contribution in [2.75, 3.05) is 13.2 Å². The van der Waals surface area contributed by atoms with Crippen LogP contribution in [-0.2, 0) is 10.3 Å². The number of aliphatic hydroxyl groups is 1. The molecule has 1 fully saturated rings. The molecule has 5 nitrogen and oxygen atoms in total. The molecule has 0 aromatic heterocycles. The maximum atomic E-state index is 12.3. The van der Waals surface area contributed by atoms with Crippen LogP contribution in [0.4, 0.5) is 4.79 Å². The molecule has 0 saturated carbocycles. The Bertz CT molecular complexity index is 689. The topological polar surface area (TPSA) is 70.6 Å². The molecule has 0 unspecified atom stereocenters. The SMILES string of the molecule is C[C@](O)(CNC(=O)N[C@H]1CCO[C@H]1c1ccccc1)c1ccccc1. The number of rotatable bonds is 5. The summed E-state index contributed by atoms with van der Waals surface area (Å²) in [5.41, 5.74) is 0.701. The summed E-state index contributed by atoms with van der Waals surface area (Å²) in [5.74, 6) is 0. The molecule has 25 heavy (non-hydrogen) atoms. The lowest BCUT2D eigenvalue weighted by molar-refractivity contribution is 0.0588. The van der Waals surface area contributed by atoms with Crippen molar-refractivity contribution in [2.24, 2.45) is 0 Å². The van der Waals surface area contributed by atoms with Crippen molar-refractivity contribution in [3.05, 3.63) is 71.8 Å². The molecule has 0 aliphatic carbocycles. The van der Waals surface area contributed by atoms with E-state index in [1.807, 2.05) is 60.7 Å². The van der Waals surface area contributed by atoms with E-state index in [0.717, 1.165) is 17.5 Å². The van der Waals surface area contributed by atoms with Crippen molar-refractivity contribution in [3.8, 4) is 0 Å². The summed E-state index contributed by atoms with van der Waals surface area (Å²) in [7, 11) is 0. The summed E-state index contributed by atoms with van der Waals surface area (Å²) in [5, 5.41) is 16.3. The fourth-order valence-corrected chi connectivity index (χ4v) is 3.08. The van der Waals surface area contributed by atoms with Crippen LogP contribution in [0.3, 0.4) is 0 Å². The van der Waals surface area contributed by atoms with Crippen LogP contribution < -0.4 is 10.6 Å². The molecule has 2 aromatic rings. The molecule has 0 radical (unpaired) electrons. The first-order valence-corrected chi connectivity index (χ1v) is 8.55. The Labute approximate surface area is 148 Å². The second-order valence-electron chi connectivity index (χ2n) is 6.56. The lowest BCUT2D eigenvalue weighted by Gasteiger charge is -2.25. The summed E-state index contributed by atoms with van der Waals surface area (Å²) >= 11 is 0. The van der Waals surface area contributed by atoms with Crippen molar-refractivity contribution < 1.29 is 14.6 Å². The van der Waals surface area contributed by atoms with Crippen molar-refractivity contribution in [1.29, 1.82) is 0 Å². The lowest BCUT2D eigenvalue weighted by Crippen LogP contribution is -2.47. The molecule has 1 aliphatic heterocycles. The minimum atomic E-state index is -1.12. The monoisotopic (exact) mass is 340 g/mol. The Morgan fingerprint density at radius 1 is 1.16 bits per heavy atom. The third-order valence-electron chi connectivity index (χ3n) is 4.53. The number of hydrogen-bond donors (Lipinski definition) is 3.